The highest BCUT2D eigenvalue weighted by Crippen LogP contribution is 2.26. The number of benzene rings is 2. The SMILES string of the molecule is Cc1ccc2ccccc2c1[C@H](N)C(=O)O. The molecule has 3 nitrogen and oxygen atoms in total. The summed E-state index contributed by atoms with van der Waals surface area (Å²) in [4.78, 5) is 11.0. The van der Waals surface area contributed by atoms with Crippen molar-refractivity contribution in [3.05, 3.63) is 47.5 Å². The van der Waals surface area contributed by atoms with Gasteiger partial charge in [-0.05, 0) is 28.8 Å². The molecule has 3 N–H and O–H groups in total. The van der Waals surface area contributed by atoms with E-state index in [0.717, 1.165) is 16.3 Å². The molecule has 0 unspecified atom stereocenters. The fourth-order valence-corrected chi connectivity index (χ4v) is 1.94. The molecule has 0 amide bonds. The normalized spacial score (nSPS) is 12.6. The minimum atomic E-state index is -1.00. The summed E-state index contributed by atoms with van der Waals surface area (Å²) in [5.74, 6) is -1.00. The van der Waals surface area contributed by atoms with E-state index in [9.17, 15) is 4.79 Å². The molecule has 0 fully saturated rings. The number of aryl methyl sites for hydroxylation is 1. The molecule has 0 aromatic heterocycles. The first-order valence-electron chi connectivity index (χ1n) is 5.08. The average molecular weight is 215 g/mol. The second kappa shape index (κ2) is 3.94. The minimum absolute atomic E-state index is 0.700. The van der Waals surface area contributed by atoms with E-state index in [0.29, 0.717) is 5.56 Å². The molecule has 0 spiro atoms. The Morgan fingerprint density at radius 3 is 2.62 bits per heavy atom. The first kappa shape index (κ1) is 10.6. The van der Waals surface area contributed by atoms with Gasteiger partial charge < -0.3 is 10.8 Å². The molecule has 0 aliphatic rings. The van der Waals surface area contributed by atoms with Gasteiger partial charge in [0.1, 0.15) is 6.04 Å². The smallest absolute Gasteiger partial charge is 0.325 e. The Kier molecular flexibility index (Phi) is 2.62. The van der Waals surface area contributed by atoms with E-state index in [-0.39, 0.29) is 0 Å². The Hall–Kier alpha value is -1.87. The van der Waals surface area contributed by atoms with Crippen LogP contribution < -0.4 is 5.73 Å². The van der Waals surface area contributed by atoms with Gasteiger partial charge in [-0.2, -0.15) is 0 Å². The van der Waals surface area contributed by atoms with E-state index >= 15 is 0 Å². The Morgan fingerprint density at radius 2 is 1.94 bits per heavy atom. The van der Waals surface area contributed by atoms with Gasteiger partial charge in [0.2, 0.25) is 0 Å². The summed E-state index contributed by atoms with van der Waals surface area (Å²) in [5, 5.41) is 10.9. The van der Waals surface area contributed by atoms with Crippen LogP contribution in [0, 0.1) is 6.92 Å². The van der Waals surface area contributed by atoms with Crippen LogP contribution in [0.25, 0.3) is 10.8 Å². The zero-order valence-electron chi connectivity index (χ0n) is 8.97. The van der Waals surface area contributed by atoms with Crippen molar-refractivity contribution in [3.63, 3.8) is 0 Å². The maximum absolute atomic E-state index is 11.0. The van der Waals surface area contributed by atoms with Crippen LogP contribution in [0.3, 0.4) is 0 Å². The Morgan fingerprint density at radius 1 is 1.25 bits per heavy atom. The number of hydrogen-bond acceptors (Lipinski definition) is 2. The summed E-state index contributed by atoms with van der Waals surface area (Å²) in [6.45, 7) is 1.88. The molecule has 1 atom stereocenters. The Labute approximate surface area is 93.5 Å². The molecule has 2 rings (SSSR count). The number of hydrogen-bond donors (Lipinski definition) is 2. The van der Waals surface area contributed by atoms with Crippen molar-refractivity contribution in [3.8, 4) is 0 Å². The monoisotopic (exact) mass is 215 g/mol. The molecular weight excluding hydrogens is 202 g/mol. The van der Waals surface area contributed by atoms with E-state index in [2.05, 4.69) is 0 Å². The largest absolute Gasteiger partial charge is 0.480 e. The maximum atomic E-state index is 11.0. The maximum Gasteiger partial charge on any atom is 0.325 e. The third-order valence-corrected chi connectivity index (χ3v) is 2.77. The van der Waals surface area contributed by atoms with E-state index in [1.807, 2.05) is 43.3 Å². The van der Waals surface area contributed by atoms with E-state index in [4.69, 9.17) is 10.8 Å². The van der Waals surface area contributed by atoms with Crippen molar-refractivity contribution in [2.24, 2.45) is 5.73 Å². The highest BCUT2D eigenvalue weighted by molar-refractivity contribution is 5.91. The molecular formula is C13H13NO2. The summed E-state index contributed by atoms with van der Waals surface area (Å²) in [7, 11) is 0. The Balaban J connectivity index is 2.75. The van der Waals surface area contributed by atoms with Gasteiger partial charge in [0.05, 0.1) is 0 Å². The molecule has 0 saturated heterocycles. The van der Waals surface area contributed by atoms with Crippen LogP contribution in [0.15, 0.2) is 36.4 Å². The second-order valence-corrected chi connectivity index (χ2v) is 3.83. The quantitative estimate of drug-likeness (QED) is 0.807. The molecule has 0 saturated carbocycles. The standard InChI is InChI=1S/C13H13NO2/c1-8-6-7-9-4-2-3-5-10(9)11(8)12(14)13(15)16/h2-7,12H,14H2,1H3,(H,15,16)/t12-/m0/s1. The van der Waals surface area contributed by atoms with Gasteiger partial charge in [0, 0.05) is 0 Å². The molecule has 3 heteroatoms. The van der Waals surface area contributed by atoms with Crippen molar-refractivity contribution in [1.82, 2.24) is 0 Å². The highest BCUT2D eigenvalue weighted by atomic mass is 16.4. The van der Waals surface area contributed by atoms with Crippen LogP contribution in [0.4, 0.5) is 0 Å². The third-order valence-electron chi connectivity index (χ3n) is 2.77. The van der Waals surface area contributed by atoms with Gasteiger partial charge in [-0.15, -0.1) is 0 Å². The minimum Gasteiger partial charge on any atom is -0.480 e. The average Bonchev–Trinajstić information content (AvgIpc) is 2.28. The number of carboxylic acid groups (broad SMARTS) is 1. The molecule has 0 radical (unpaired) electrons. The van der Waals surface area contributed by atoms with E-state index in [1.165, 1.54) is 0 Å². The van der Waals surface area contributed by atoms with Crippen LogP contribution in [0.2, 0.25) is 0 Å². The highest BCUT2D eigenvalue weighted by Gasteiger charge is 2.18. The summed E-state index contributed by atoms with van der Waals surface area (Å²) >= 11 is 0. The predicted octanol–water partition coefficient (Wildman–Crippen LogP) is 2.23. The first-order valence-corrected chi connectivity index (χ1v) is 5.08. The second-order valence-electron chi connectivity index (χ2n) is 3.83. The number of carbonyl (C=O) groups is 1. The van der Waals surface area contributed by atoms with Crippen LogP contribution in [-0.4, -0.2) is 11.1 Å². The lowest BCUT2D eigenvalue weighted by atomic mass is 9.95. The van der Waals surface area contributed by atoms with Gasteiger partial charge in [0.15, 0.2) is 0 Å². The van der Waals surface area contributed by atoms with Crippen molar-refractivity contribution >= 4 is 16.7 Å². The topological polar surface area (TPSA) is 63.3 Å². The van der Waals surface area contributed by atoms with Gasteiger partial charge in [-0.3, -0.25) is 4.79 Å². The number of carboxylic acids is 1. The van der Waals surface area contributed by atoms with Crippen LogP contribution >= 0.6 is 0 Å². The van der Waals surface area contributed by atoms with Gasteiger partial charge in [-0.25, -0.2) is 0 Å². The summed E-state index contributed by atoms with van der Waals surface area (Å²) < 4.78 is 0. The lowest BCUT2D eigenvalue weighted by molar-refractivity contribution is -0.138. The van der Waals surface area contributed by atoms with Crippen molar-refractivity contribution in [2.45, 2.75) is 13.0 Å². The summed E-state index contributed by atoms with van der Waals surface area (Å²) in [5.41, 5.74) is 7.32. The first-order chi connectivity index (χ1) is 7.61. The lowest BCUT2D eigenvalue weighted by Gasteiger charge is -2.13. The van der Waals surface area contributed by atoms with Gasteiger partial charge >= 0.3 is 5.97 Å². The zero-order valence-corrected chi connectivity index (χ0v) is 8.97. The lowest BCUT2D eigenvalue weighted by Crippen LogP contribution is -2.21. The number of rotatable bonds is 2. The van der Waals surface area contributed by atoms with Gasteiger partial charge in [-0.1, -0.05) is 36.4 Å². The molecule has 0 bridgehead atoms. The number of fused-ring (bicyclic) bond motifs is 1. The fraction of sp³-hybridized carbons (Fsp3) is 0.154. The van der Waals surface area contributed by atoms with E-state index in [1.54, 1.807) is 0 Å². The van der Waals surface area contributed by atoms with Crippen LogP contribution in [-0.2, 0) is 4.79 Å². The summed E-state index contributed by atoms with van der Waals surface area (Å²) in [6, 6.07) is 10.6. The molecule has 2 aromatic carbocycles. The fourth-order valence-electron chi connectivity index (χ4n) is 1.94. The van der Waals surface area contributed by atoms with E-state index < -0.39 is 12.0 Å². The molecule has 0 aliphatic heterocycles. The van der Waals surface area contributed by atoms with Crippen molar-refractivity contribution in [2.75, 3.05) is 0 Å². The number of nitrogens with two attached hydrogens (primary N) is 1. The Bertz CT molecular complexity index is 549. The molecule has 16 heavy (non-hydrogen) atoms. The van der Waals surface area contributed by atoms with Crippen molar-refractivity contribution < 1.29 is 9.90 Å². The molecule has 2 aromatic rings. The molecule has 0 heterocycles. The third kappa shape index (κ3) is 1.66. The van der Waals surface area contributed by atoms with Crippen LogP contribution in [0.5, 0.6) is 0 Å². The molecule has 0 aliphatic carbocycles. The van der Waals surface area contributed by atoms with Gasteiger partial charge in [0.25, 0.3) is 0 Å². The molecule has 82 valence electrons. The zero-order chi connectivity index (χ0) is 11.7. The predicted molar refractivity (Wildman–Crippen MR) is 63.2 cm³/mol. The van der Waals surface area contributed by atoms with Crippen LogP contribution in [0.1, 0.15) is 17.2 Å². The van der Waals surface area contributed by atoms with Crippen molar-refractivity contribution in [1.29, 1.82) is 0 Å². The number of aliphatic carboxylic acids is 1. The summed E-state index contributed by atoms with van der Waals surface area (Å²) in [6.07, 6.45) is 0.